The molecule has 1 N–H and O–H groups in total. The molecule has 1 aromatic rings. The number of rotatable bonds is 3. The first-order valence-corrected chi connectivity index (χ1v) is 8.29. The summed E-state index contributed by atoms with van der Waals surface area (Å²) >= 11 is 0. The Hall–Kier alpha value is -1.69. The highest BCUT2D eigenvalue weighted by Gasteiger charge is 2.35. The van der Waals surface area contributed by atoms with E-state index >= 15 is 0 Å². The van der Waals surface area contributed by atoms with Gasteiger partial charge < -0.3 is 10.2 Å². The van der Waals surface area contributed by atoms with Crippen LogP contribution in [0.1, 0.15) is 37.8 Å². The number of benzene rings is 1. The summed E-state index contributed by atoms with van der Waals surface area (Å²) in [5.74, 6) is -1.25. The Bertz CT molecular complexity index is 569. The summed E-state index contributed by atoms with van der Waals surface area (Å²) in [5.41, 5.74) is 0.299. The van der Waals surface area contributed by atoms with Crippen LogP contribution >= 0.6 is 0 Å². The van der Waals surface area contributed by atoms with Crippen molar-refractivity contribution in [3.8, 4) is 0 Å². The van der Waals surface area contributed by atoms with Gasteiger partial charge in [0, 0.05) is 30.8 Å². The number of nitrogens with one attached hydrogen (secondary N) is 1. The van der Waals surface area contributed by atoms with E-state index in [0.717, 1.165) is 32.2 Å². The van der Waals surface area contributed by atoms with Crippen LogP contribution in [-0.2, 0) is 0 Å². The molecular weight excluding hydrogens is 300 g/mol. The van der Waals surface area contributed by atoms with Crippen molar-refractivity contribution in [3.05, 3.63) is 35.4 Å². The summed E-state index contributed by atoms with van der Waals surface area (Å²) in [6.45, 7) is 5.40. The third-order valence-electron chi connectivity index (χ3n) is 4.83. The second-order valence-corrected chi connectivity index (χ2v) is 6.49. The molecule has 2 aliphatic heterocycles. The van der Waals surface area contributed by atoms with E-state index in [9.17, 15) is 13.6 Å². The fourth-order valence-corrected chi connectivity index (χ4v) is 3.34. The van der Waals surface area contributed by atoms with Gasteiger partial charge >= 0.3 is 6.03 Å². The summed E-state index contributed by atoms with van der Waals surface area (Å²) < 4.78 is 26.7. The molecule has 1 aromatic carbocycles. The average molecular weight is 323 g/mol. The number of amides is 2. The van der Waals surface area contributed by atoms with Gasteiger partial charge in [-0.25, -0.2) is 13.6 Å². The van der Waals surface area contributed by atoms with Crippen LogP contribution in [0.3, 0.4) is 0 Å². The van der Waals surface area contributed by atoms with Crippen molar-refractivity contribution in [1.29, 1.82) is 0 Å². The molecule has 1 unspecified atom stereocenters. The Balaban J connectivity index is 1.50. The lowest BCUT2D eigenvalue weighted by atomic mass is 10.0. The predicted octanol–water partition coefficient (Wildman–Crippen LogP) is 2.91. The number of hydrogen-bond donors (Lipinski definition) is 1. The van der Waals surface area contributed by atoms with E-state index < -0.39 is 17.7 Å². The number of hydrogen-bond acceptors (Lipinski definition) is 2. The number of likely N-dealkylation sites (tertiary alicyclic amines) is 2. The summed E-state index contributed by atoms with van der Waals surface area (Å²) in [6, 6.07) is 3.21. The molecule has 2 fully saturated rings. The van der Waals surface area contributed by atoms with E-state index in [2.05, 4.69) is 10.2 Å². The lowest BCUT2D eigenvalue weighted by molar-refractivity contribution is 0.0443. The SMILES string of the molecule is CC(NC(=O)N1CC(N2CCCCC2)C1)c1ccc(F)cc1F. The van der Waals surface area contributed by atoms with E-state index in [1.54, 1.807) is 11.8 Å². The summed E-state index contributed by atoms with van der Waals surface area (Å²) in [6.07, 6.45) is 3.78. The van der Waals surface area contributed by atoms with Crippen LogP contribution in [0.4, 0.5) is 13.6 Å². The zero-order valence-electron chi connectivity index (χ0n) is 13.4. The maximum atomic E-state index is 13.7. The van der Waals surface area contributed by atoms with Crippen molar-refractivity contribution in [2.24, 2.45) is 0 Å². The molecule has 23 heavy (non-hydrogen) atoms. The Kier molecular flexibility index (Phi) is 4.80. The minimum atomic E-state index is -0.632. The second-order valence-electron chi connectivity index (χ2n) is 6.49. The van der Waals surface area contributed by atoms with Gasteiger partial charge in [0.1, 0.15) is 11.6 Å². The molecule has 0 bridgehead atoms. The lowest BCUT2D eigenvalue weighted by Crippen LogP contribution is -2.63. The Morgan fingerprint density at radius 3 is 2.57 bits per heavy atom. The largest absolute Gasteiger partial charge is 0.331 e. The Morgan fingerprint density at radius 2 is 1.91 bits per heavy atom. The van der Waals surface area contributed by atoms with Gasteiger partial charge in [0.05, 0.1) is 6.04 Å². The van der Waals surface area contributed by atoms with Crippen molar-refractivity contribution in [1.82, 2.24) is 15.1 Å². The average Bonchev–Trinajstić information content (AvgIpc) is 2.46. The van der Waals surface area contributed by atoms with Gasteiger partial charge in [-0.05, 0) is 38.9 Å². The molecule has 4 nitrogen and oxygen atoms in total. The van der Waals surface area contributed by atoms with Crippen LogP contribution in [0.2, 0.25) is 0 Å². The molecule has 0 aliphatic carbocycles. The van der Waals surface area contributed by atoms with Gasteiger partial charge in [0.15, 0.2) is 0 Å². The van der Waals surface area contributed by atoms with Gasteiger partial charge in [-0.3, -0.25) is 4.90 Å². The third kappa shape index (κ3) is 3.63. The van der Waals surface area contributed by atoms with E-state index in [4.69, 9.17) is 0 Å². The third-order valence-corrected chi connectivity index (χ3v) is 4.83. The maximum absolute atomic E-state index is 13.7. The fourth-order valence-electron chi connectivity index (χ4n) is 3.34. The molecule has 2 amide bonds. The van der Waals surface area contributed by atoms with Crippen molar-refractivity contribution in [3.63, 3.8) is 0 Å². The van der Waals surface area contributed by atoms with Crippen LogP contribution in [0, 0.1) is 11.6 Å². The second kappa shape index (κ2) is 6.83. The molecule has 2 saturated heterocycles. The number of piperidine rings is 1. The van der Waals surface area contributed by atoms with Crippen LogP contribution in [-0.4, -0.2) is 48.1 Å². The fraction of sp³-hybridized carbons (Fsp3) is 0.588. The molecule has 2 aliphatic rings. The maximum Gasteiger partial charge on any atom is 0.317 e. The standard InChI is InChI=1S/C17H23F2N3O/c1-12(15-6-5-13(18)9-16(15)19)20-17(23)22-10-14(11-22)21-7-3-2-4-8-21/h5-6,9,12,14H,2-4,7-8,10-11H2,1H3,(H,20,23). The summed E-state index contributed by atoms with van der Waals surface area (Å²) in [5, 5.41) is 2.79. The molecule has 0 radical (unpaired) electrons. The highest BCUT2D eigenvalue weighted by molar-refractivity contribution is 5.75. The summed E-state index contributed by atoms with van der Waals surface area (Å²) in [7, 11) is 0. The van der Waals surface area contributed by atoms with Gasteiger partial charge in [-0.1, -0.05) is 12.5 Å². The first-order chi connectivity index (χ1) is 11.0. The van der Waals surface area contributed by atoms with Gasteiger partial charge in [0.2, 0.25) is 0 Å². The Labute approximate surface area is 135 Å². The molecule has 0 saturated carbocycles. The van der Waals surface area contributed by atoms with Gasteiger partial charge in [-0.15, -0.1) is 0 Å². The van der Waals surface area contributed by atoms with Gasteiger partial charge in [-0.2, -0.15) is 0 Å². The number of carbonyl (C=O) groups excluding carboxylic acids is 1. The number of urea groups is 1. The normalized spacial score (nSPS) is 20.9. The predicted molar refractivity (Wildman–Crippen MR) is 84.1 cm³/mol. The summed E-state index contributed by atoms with van der Waals surface area (Å²) in [4.78, 5) is 16.4. The number of nitrogens with zero attached hydrogens (tertiary/aromatic N) is 2. The minimum absolute atomic E-state index is 0.186. The number of carbonyl (C=O) groups is 1. The molecule has 0 aromatic heterocycles. The first-order valence-electron chi connectivity index (χ1n) is 8.29. The van der Waals surface area contributed by atoms with Crippen molar-refractivity contribution in [2.75, 3.05) is 26.2 Å². The molecule has 126 valence electrons. The van der Waals surface area contributed by atoms with E-state index in [1.807, 2.05) is 0 Å². The molecule has 3 rings (SSSR count). The highest BCUT2D eigenvalue weighted by Crippen LogP contribution is 2.22. The highest BCUT2D eigenvalue weighted by atomic mass is 19.1. The lowest BCUT2D eigenvalue weighted by Gasteiger charge is -2.46. The minimum Gasteiger partial charge on any atom is -0.331 e. The molecule has 0 spiro atoms. The molecule has 1 atom stereocenters. The van der Waals surface area contributed by atoms with Crippen molar-refractivity contribution in [2.45, 2.75) is 38.3 Å². The van der Waals surface area contributed by atoms with Crippen LogP contribution in [0.15, 0.2) is 18.2 Å². The molecular formula is C17H23F2N3O. The van der Waals surface area contributed by atoms with E-state index in [-0.39, 0.29) is 6.03 Å². The zero-order chi connectivity index (χ0) is 16.4. The zero-order valence-corrected chi connectivity index (χ0v) is 13.4. The Morgan fingerprint density at radius 1 is 1.22 bits per heavy atom. The van der Waals surface area contributed by atoms with Crippen molar-refractivity contribution < 1.29 is 13.6 Å². The van der Waals surface area contributed by atoms with E-state index in [0.29, 0.717) is 11.6 Å². The molecule has 2 heterocycles. The van der Waals surface area contributed by atoms with Crippen LogP contribution in [0.5, 0.6) is 0 Å². The first kappa shape index (κ1) is 16.2. The quantitative estimate of drug-likeness (QED) is 0.928. The van der Waals surface area contributed by atoms with Crippen LogP contribution < -0.4 is 5.32 Å². The smallest absolute Gasteiger partial charge is 0.317 e. The van der Waals surface area contributed by atoms with Crippen LogP contribution in [0.25, 0.3) is 0 Å². The monoisotopic (exact) mass is 323 g/mol. The molecule has 6 heteroatoms. The number of halogens is 2. The topological polar surface area (TPSA) is 35.6 Å². The van der Waals surface area contributed by atoms with Crippen molar-refractivity contribution >= 4 is 6.03 Å². The van der Waals surface area contributed by atoms with Gasteiger partial charge in [0.25, 0.3) is 0 Å². The van der Waals surface area contributed by atoms with E-state index in [1.165, 1.54) is 31.4 Å².